The number of aryl methyl sites for hydroxylation is 1. The third-order valence-electron chi connectivity index (χ3n) is 5.41. The van der Waals surface area contributed by atoms with E-state index >= 15 is 0 Å². The molecule has 0 heterocycles. The average Bonchev–Trinajstić information content (AvgIpc) is 2.99. The zero-order chi connectivity index (χ0) is 19.0. The Labute approximate surface area is 157 Å². The minimum atomic E-state index is -4.46. The van der Waals surface area contributed by atoms with Crippen molar-refractivity contribution in [1.29, 1.82) is 0 Å². The van der Waals surface area contributed by atoms with Gasteiger partial charge in [-0.25, -0.2) is 4.57 Å². The van der Waals surface area contributed by atoms with Crippen LogP contribution in [0.2, 0.25) is 0 Å². The average molecular weight is 383 g/mol. The summed E-state index contributed by atoms with van der Waals surface area (Å²) in [5.74, 6) is 0.338. The summed E-state index contributed by atoms with van der Waals surface area (Å²) in [4.78, 5) is 17.8. The van der Waals surface area contributed by atoms with Gasteiger partial charge in [0, 0.05) is 5.54 Å². The lowest BCUT2D eigenvalue weighted by Gasteiger charge is -2.24. The van der Waals surface area contributed by atoms with Gasteiger partial charge in [0.1, 0.15) is 0 Å². The second-order valence-corrected chi connectivity index (χ2v) is 9.07. The summed E-state index contributed by atoms with van der Waals surface area (Å²) >= 11 is 0. The van der Waals surface area contributed by atoms with E-state index < -0.39 is 13.4 Å². The number of hydrogen-bond acceptors (Lipinski definition) is 3. The van der Waals surface area contributed by atoms with E-state index in [1.54, 1.807) is 0 Å². The molecule has 1 aliphatic rings. The molecule has 0 aliphatic heterocycles. The predicted molar refractivity (Wildman–Crippen MR) is 105 cm³/mol. The highest BCUT2D eigenvalue weighted by molar-refractivity contribution is 7.46. The van der Waals surface area contributed by atoms with E-state index in [4.69, 9.17) is 15.5 Å². The van der Waals surface area contributed by atoms with Gasteiger partial charge in [0.2, 0.25) is 0 Å². The molecule has 26 heavy (non-hydrogen) atoms. The van der Waals surface area contributed by atoms with Crippen molar-refractivity contribution < 1.29 is 18.9 Å². The van der Waals surface area contributed by atoms with Crippen LogP contribution < -0.4 is 5.73 Å². The molecule has 2 rings (SSSR count). The molecule has 148 valence electrons. The number of unbranched alkanes of at least 4 members (excludes halogenated alkanes) is 5. The quantitative estimate of drug-likeness (QED) is 0.382. The van der Waals surface area contributed by atoms with Gasteiger partial charge in [-0.3, -0.25) is 4.52 Å². The van der Waals surface area contributed by atoms with Crippen LogP contribution >= 0.6 is 7.82 Å². The van der Waals surface area contributed by atoms with Crippen molar-refractivity contribution in [3.05, 3.63) is 35.4 Å². The Morgan fingerprint density at radius 2 is 1.96 bits per heavy atom. The predicted octanol–water partition coefficient (Wildman–Crippen LogP) is 4.66. The molecule has 0 aromatic heterocycles. The zero-order valence-electron chi connectivity index (χ0n) is 15.9. The molecule has 2 atom stereocenters. The van der Waals surface area contributed by atoms with Crippen LogP contribution in [-0.4, -0.2) is 21.9 Å². The number of nitrogens with two attached hydrogens (primary N) is 1. The number of hydrogen-bond donors (Lipinski definition) is 3. The van der Waals surface area contributed by atoms with E-state index in [2.05, 4.69) is 35.7 Å². The van der Waals surface area contributed by atoms with Gasteiger partial charge in [-0.2, -0.15) is 0 Å². The topological polar surface area (TPSA) is 92.8 Å². The Hall–Kier alpha value is -0.710. The maximum absolute atomic E-state index is 10.9. The van der Waals surface area contributed by atoms with E-state index in [0.29, 0.717) is 12.3 Å². The fourth-order valence-corrected chi connectivity index (χ4v) is 4.32. The molecule has 1 aromatic rings. The maximum Gasteiger partial charge on any atom is 0.469 e. The highest BCUT2D eigenvalue weighted by Crippen LogP contribution is 2.43. The van der Waals surface area contributed by atoms with Crippen LogP contribution in [0.1, 0.15) is 81.8 Å². The summed E-state index contributed by atoms with van der Waals surface area (Å²) in [5, 5.41) is 0. The molecular formula is C20H34NO4P. The lowest BCUT2D eigenvalue weighted by Crippen LogP contribution is -2.41. The van der Waals surface area contributed by atoms with Gasteiger partial charge >= 0.3 is 7.82 Å². The molecule has 1 fully saturated rings. The highest BCUT2D eigenvalue weighted by Gasteiger charge is 2.38. The van der Waals surface area contributed by atoms with Gasteiger partial charge in [0.15, 0.2) is 0 Å². The molecule has 6 heteroatoms. The second kappa shape index (κ2) is 10.0. The van der Waals surface area contributed by atoms with Crippen molar-refractivity contribution in [1.82, 2.24) is 0 Å². The summed E-state index contributed by atoms with van der Waals surface area (Å²) in [6.07, 6.45) is 11.3. The molecular weight excluding hydrogens is 349 g/mol. The van der Waals surface area contributed by atoms with Crippen LogP contribution in [0.4, 0.5) is 0 Å². The van der Waals surface area contributed by atoms with Gasteiger partial charge < -0.3 is 15.5 Å². The first-order valence-corrected chi connectivity index (χ1v) is 11.4. The molecule has 5 nitrogen and oxygen atoms in total. The highest BCUT2D eigenvalue weighted by atomic mass is 31.2. The largest absolute Gasteiger partial charge is 0.469 e. The fraction of sp³-hybridized carbons (Fsp3) is 0.700. The summed E-state index contributed by atoms with van der Waals surface area (Å²) < 4.78 is 15.6. The van der Waals surface area contributed by atoms with Crippen LogP contribution in [-0.2, 0) is 15.5 Å². The maximum atomic E-state index is 10.9. The Morgan fingerprint density at radius 3 is 2.69 bits per heavy atom. The third-order valence-corrected chi connectivity index (χ3v) is 5.87. The molecule has 1 aliphatic carbocycles. The molecule has 0 saturated heterocycles. The lowest BCUT2D eigenvalue weighted by atomic mass is 9.92. The Morgan fingerprint density at radius 1 is 1.23 bits per heavy atom. The van der Waals surface area contributed by atoms with E-state index in [1.807, 2.05) is 0 Å². The molecule has 2 unspecified atom stereocenters. The Balaban J connectivity index is 1.83. The van der Waals surface area contributed by atoms with Crippen molar-refractivity contribution in [2.75, 3.05) is 6.61 Å². The molecule has 0 spiro atoms. The lowest BCUT2D eigenvalue weighted by molar-refractivity contribution is 0.153. The van der Waals surface area contributed by atoms with E-state index in [0.717, 1.165) is 19.3 Å². The molecule has 4 N–H and O–H groups in total. The van der Waals surface area contributed by atoms with Crippen LogP contribution in [0.15, 0.2) is 24.3 Å². The van der Waals surface area contributed by atoms with Crippen molar-refractivity contribution in [2.24, 2.45) is 5.73 Å². The molecule has 0 amide bonds. The van der Waals surface area contributed by atoms with Gasteiger partial charge in [0.25, 0.3) is 0 Å². The van der Waals surface area contributed by atoms with E-state index in [9.17, 15) is 4.57 Å². The molecule has 0 radical (unpaired) electrons. The van der Waals surface area contributed by atoms with Crippen molar-refractivity contribution in [3.63, 3.8) is 0 Å². The standard InChI is InChI=1S/C20H34NO4P/c1-2-3-4-5-6-7-9-17-10-8-11-18(14-17)19-12-13-20(21,15-19)16-25-26(22,23)24/h8,10-11,14,19H,2-7,9,12-13,15-16,21H2,1H3,(H2,22,23,24). The first kappa shape index (κ1) is 21.6. The Kier molecular flexibility index (Phi) is 8.31. The van der Waals surface area contributed by atoms with Gasteiger partial charge in [-0.1, -0.05) is 63.3 Å². The van der Waals surface area contributed by atoms with Crippen LogP contribution in [0.3, 0.4) is 0 Å². The minimum Gasteiger partial charge on any atom is -0.323 e. The molecule has 1 aromatic carbocycles. The zero-order valence-corrected chi connectivity index (χ0v) is 16.8. The normalized spacial score (nSPS) is 23.5. The van der Waals surface area contributed by atoms with Crippen LogP contribution in [0.5, 0.6) is 0 Å². The number of rotatable bonds is 11. The fourth-order valence-electron chi connectivity index (χ4n) is 3.90. The van der Waals surface area contributed by atoms with Crippen LogP contribution in [0, 0.1) is 0 Å². The van der Waals surface area contributed by atoms with Gasteiger partial charge in [-0.05, 0) is 49.1 Å². The van der Waals surface area contributed by atoms with E-state index in [1.165, 1.54) is 49.7 Å². The van der Waals surface area contributed by atoms with E-state index in [-0.39, 0.29) is 6.61 Å². The summed E-state index contributed by atoms with van der Waals surface area (Å²) in [5.41, 5.74) is 8.31. The minimum absolute atomic E-state index is 0.0920. The number of phosphoric ester groups is 1. The number of phosphoric acid groups is 1. The third kappa shape index (κ3) is 7.50. The van der Waals surface area contributed by atoms with Crippen molar-refractivity contribution in [2.45, 2.75) is 82.6 Å². The first-order valence-electron chi connectivity index (χ1n) is 9.89. The summed E-state index contributed by atoms with van der Waals surface area (Å²) in [6.45, 7) is 2.15. The molecule has 1 saturated carbocycles. The van der Waals surface area contributed by atoms with Crippen LogP contribution in [0.25, 0.3) is 0 Å². The van der Waals surface area contributed by atoms with Gasteiger partial charge in [0.05, 0.1) is 6.61 Å². The van der Waals surface area contributed by atoms with Gasteiger partial charge in [-0.15, -0.1) is 0 Å². The summed E-state index contributed by atoms with van der Waals surface area (Å²) in [6, 6.07) is 8.73. The Bertz CT molecular complexity index is 603. The molecule has 0 bridgehead atoms. The van der Waals surface area contributed by atoms with Crippen molar-refractivity contribution in [3.8, 4) is 0 Å². The SMILES string of the molecule is CCCCCCCCc1cccc(C2CCC(N)(COP(=O)(O)O)C2)c1. The first-order chi connectivity index (χ1) is 12.3. The second-order valence-electron chi connectivity index (χ2n) is 7.83. The summed E-state index contributed by atoms with van der Waals surface area (Å²) in [7, 11) is -4.46. The number of benzene rings is 1. The smallest absolute Gasteiger partial charge is 0.323 e. The monoisotopic (exact) mass is 383 g/mol. The van der Waals surface area contributed by atoms with Crippen molar-refractivity contribution >= 4 is 7.82 Å².